The van der Waals surface area contributed by atoms with Crippen LogP contribution in [0.15, 0.2) is 186 Å². The molecule has 0 saturated heterocycles. The van der Waals surface area contributed by atoms with Crippen molar-refractivity contribution in [3.8, 4) is 33.4 Å². The molecule has 0 aliphatic carbocycles. The van der Waals surface area contributed by atoms with Gasteiger partial charge >= 0.3 is 0 Å². The van der Waals surface area contributed by atoms with E-state index in [0.717, 1.165) is 11.2 Å². The molecule has 250 valence electrons. The molecular formula is C52H30OS. The summed E-state index contributed by atoms with van der Waals surface area (Å²) in [7, 11) is 0. The minimum absolute atomic E-state index is 0.939. The minimum atomic E-state index is 0.939. The van der Waals surface area contributed by atoms with Gasteiger partial charge in [-0.15, -0.1) is 11.3 Å². The lowest BCUT2D eigenvalue weighted by Gasteiger charge is -2.18. The van der Waals surface area contributed by atoms with Crippen molar-refractivity contribution >= 4 is 96.5 Å². The van der Waals surface area contributed by atoms with E-state index in [1.165, 1.54) is 107 Å². The first-order chi connectivity index (χ1) is 26.7. The summed E-state index contributed by atoms with van der Waals surface area (Å²) in [6, 6.07) is 66.9. The predicted molar refractivity (Wildman–Crippen MR) is 233 cm³/mol. The molecule has 0 bridgehead atoms. The van der Waals surface area contributed by atoms with Gasteiger partial charge in [-0.1, -0.05) is 146 Å². The maximum atomic E-state index is 6.27. The SMILES string of the molecule is c1cc(-c2ccc3ccc4c5cc6c(cc5sc4c3c2)oc2ccccc26)cc(-c2c3ccccc3c(-c3ccc4ccccc4c3)c3ccccc23)c1. The van der Waals surface area contributed by atoms with Gasteiger partial charge in [0.1, 0.15) is 11.2 Å². The van der Waals surface area contributed by atoms with Gasteiger partial charge in [0, 0.05) is 36.3 Å². The second kappa shape index (κ2) is 11.4. The first-order valence-electron chi connectivity index (χ1n) is 18.5. The van der Waals surface area contributed by atoms with Crippen molar-refractivity contribution in [2.75, 3.05) is 0 Å². The number of rotatable bonds is 3. The van der Waals surface area contributed by atoms with Gasteiger partial charge < -0.3 is 4.42 Å². The molecule has 0 saturated carbocycles. The molecule has 54 heavy (non-hydrogen) atoms. The lowest BCUT2D eigenvalue weighted by atomic mass is 9.85. The predicted octanol–water partition coefficient (Wildman–Crippen LogP) is 15.6. The number of benzene rings is 10. The second-order valence-electron chi connectivity index (χ2n) is 14.4. The van der Waals surface area contributed by atoms with Crippen LogP contribution < -0.4 is 0 Å². The molecule has 0 N–H and O–H groups in total. The summed E-state index contributed by atoms with van der Waals surface area (Å²) in [6.07, 6.45) is 0. The zero-order valence-corrected chi connectivity index (χ0v) is 30.0. The highest BCUT2D eigenvalue weighted by Crippen LogP contribution is 2.46. The molecule has 0 aliphatic rings. The number of furan rings is 1. The summed E-state index contributed by atoms with van der Waals surface area (Å²) < 4.78 is 8.84. The van der Waals surface area contributed by atoms with Crippen molar-refractivity contribution in [1.29, 1.82) is 0 Å². The van der Waals surface area contributed by atoms with Crippen LogP contribution in [0, 0.1) is 0 Å². The Kier molecular flexibility index (Phi) is 6.28. The van der Waals surface area contributed by atoms with E-state index in [2.05, 4.69) is 176 Å². The molecule has 0 fully saturated rings. The minimum Gasteiger partial charge on any atom is -0.456 e. The molecule has 0 atom stereocenters. The second-order valence-corrected chi connectivity index (χ2v) is 15.5. The number of thiophene rings is 1. The monoisotopic (exact) mass is 702 g/mol. The maximum Gasteiger partial charge on any atom is 0.136 e. The Bertz CT molecular complexity index is 3450. The third kappa shape index (κ3) is 4.38. The fourth-order valence-electron chi connectivity index (χ4n) is 8.90. The third-order valence-corrected chi connectivity index (χ3v) is 12.6. The van der Waals surface area contributed by atoms with Crippen molar-refractivity contribution in [1.82, 2.24) is 0 Å². The van der Waals surface area contributed by atoms with Crippen molar-refractivity contribution < 1.29 is 4.42 Å². The molecule has 0 amide bonds. The molecule has 2 aromatic heterocycles. The van der Waals surface area contributed by atoms with Crippen LogP contribution in [-0.2, 0) is 0 Å². The highest BCUT2D eigenvalue weighted by atomic mass is 32.1. The summed E-state index contributed by atoms with van der Waals surface area (Å²) in [4.78, 5) is 0. The van der Waals surface area contributed by atoms with Crippen LogP contribution in [0.1, 0.15) is 0 Å². The van der Waals surface area contributed by atoms with Gasteiger partial charge in [0.15, 0.2) is 0 Å². The Hall–Kier alpha value is -6.74. The number of fused-ring (bicyclic) bond motifs is 11. The van der Waals surface area contributed by atoms with Gasteiger partial charge in [0.05, 0.1) is 0 Å². The first kappa shape index (κ1) is 29.8. The van der Waals surface area contributed by atoms with E-state index in [9.17, 15) is 0 Å². The van der Waals surface area contributed by atoms with Crippen molar-refractivity contribution in [2.24, 2.45) is 0 Å². The summed E-state index contributed by atoms with van der Waals surface area (Å²) in [5.41, 5.74) is 9.34. The number of hydrogen-bond donors (Lipinski definition) is 0. The van der Waals surface area contributed by atoms with Gasteiger partial charge in [-0.3, -0.25) is 0 Å². The Morgan fingerprint density at radius 2 is 0.889 bits per heavy atom. The summed E-state index contributed by atoms with van der Waals surface area (Å²) >= 11 is 1.86. The highest BCUT2D eigenvalue weighted by Gasteiger charge is 2.18. The van der Waals surface area contributed by atoms with Gasteiger partial charge in [-0.05, 0) is 107 Å². The fraction of sp³-hybridized carbons (Fsp3) is 0. The number of para-hydroxylation sites is 1. The average Bonchev–Trinajstić information content (AvgIpc) is 3.79. The summed E-state index contributed by atoms with van der Waals surface area (Å²) in [5, 5.41) is 15.0. The van der Waals surface area contributed by atoms with Gasteiger partial charge in [0.25, 0.3) is 0 Å². The number of hydrogen-bond acceptors (Lipinski definition) is 2. The van der Waals surface area contributed by atoms with E-state index in [-0.39, 0.29) is 0 Å². The Balaban J connectivity index is 1.04. The standard InChI is InChI=1S/C52H30OS/c1-2-11-33-26-37(23-20-31(33)10-1)51-41-17-5-3-15-39(41)50(40-16-4-6-18-42(40)51)36-13-9-12-34(27-36)35-22-21-32-24-25-43-46-29-45-38-14-7-8-19-47(38)53-48(45)30-49(46)54-52(43)44(32)28-35/h1-30H. The molecule has 2 heteroatoms. The molecule has 12 rings (SSSR count). The van der Waals surface area contributed by atoms with E-state index in [1.807, 2.05) is 17.4 Å². The summed E-state index contributed by atoms with van der Waals surface area (Å²) in [6.45, 7) is 0. The van der Waals surface area contributed by atoms with E-state index in [0.29, 0.717) is 0 Å². The topological polar surface area (TPSA) is 13.1 Å². The van der Waals surface area contributed by atoms with E-state index >= 15 is 0 Å². The van der Waals surface area contributed by atoms with Gasteiger partial charge in [0.2, 0.25) is 0 Å². The maximum absolute atomic E-state index is 6.27. The van der Waals surface area contributed by atoms with Gasteiger partial charge in [-0.2, -0.15) is 0 Å². The van der Waals surface area contributed by atoms with Crippen molar-refractivity contribution in [2.45, 2.75) is 0 Å². The van der Waals surface area contributed by atoms with Gasteiger partial charge in [-0.25, -0.2) is 0 Å². The Morgan fingerprint density at radius 3 is 1.67 bits per heavy atom. The summed E-state index contributed by atoms with van der Waals surface area (Å²) in [5.74, 6) is 0. The van der Waals surface area contributed by atoms with Crippen LogP contribution in [0.4, 0.5) is 0 Å². The zero-order chi connectivity index (χ0) is 35.3. The molecule has 10 aromatic carbocycles. The van der Waals surface area contributed by atoms with E-state index in [4.69, 9.17) is 4.42 Å². The molecule has 12 aromatic rings. The largest absolute Gasteiger partial charge is 0.456 e. The van der Waals surface area contributed by atoms with E-state index < -0.39 is 0 Å². The molecule has 1 nitrogen and oxygen atoms in total. The normalized spacial score (nSPS) is 12.1. The first-order valence-corrected chi connectivity index (χ1v) is 19.3. The molecule has 0 radical (unpaired) electrons. The Labute approximate surface area is 314 Å². The van der Waals surface area contributed by atoms with Crippen molar-refractivity contribution in [3.63, 3.8) is 0 Å². The lowest BCUT2D eigenvalue weighted by molar-refractivity contribution is 0.669. The molecular weight excluding hydrogens is 673 g/mol. The van der Waals surface area contributed by atoms with Crippen molar-refractivity contribution in [3.05, 3.63) is 182 Å². The molecule has 0 aliphatic heterocycles. The van der Waals surface area contributed by atoms with Crippen LogP contribution >= 0.6 is 11.3 Å². The van der Waals surface area contributed by atoms with E-state index in [1.54, 1.807) is 0 Å². The Morgan fingerprint density at radius 1 is 0.296 bits per heavy atom. The quantitative estimate of drug-likeness (QED) is 0.167. The van der Waals surface area contributed by atoms with Crippen LogP contribution in [0.25, 0.3) is 119 Å². The van der Waals surface area contributed by atoms with Crippen LogP contribution in [0.3, 0.4) is 0 Å². The molecule has 2 heterocycles. The highest BCUT2D eigenvalue weighted by molar-refractivity contribution is 7.26. The fourth-order valence-corrected chi connectivity index (χ4v) is 10.1. The third-order valence-electron chi connectivity index (χ3n) is 11.4. The lowest BCUT2D eigenvalue weighted by Crippen LogP contribution is -1.91. The zero-order valence-electron chi connectivity index (χ0n) is 29.1. The average molecular weight is 703 g/mol. The smallest absolute Gasteiger partial charge is 0.136 e. The molecule has 0 unspecified atom stereocenters. The van der Waals surface area contributed by atoms with Crippen LogP contribution in [-0.4, -0.2) is 0 Å². The van der Waals surface area contributed by atoms with Crippen LogP contribution in [0.2, 0.25) is 0 Å². The van der Waals surface area contributed by atoms with Crippen LogP contribution in [0.5, 0.6) is 0 Å². The molecule has 0 spiro atoms.